The molecule has 1 aromatic rings. The maximum atomic E-state index is 12.7. The van der Waals surface area contributed by atoms with Gasteiger partial charge in [-0.15, -0.1) is 11.6 Å². The number of morpholine rings is 1. The van der Waals surface area contributed by atoms with Crippen molar-refractivity contribution in [3.8, 4) is 0 Å². The van der Waals surface area contributed by atoms with Crippen LogP contribution < -0.4 is 0 Å². The van der Waals surface area contributed by atoms with Gasteiger partial charge in [0.1, 0.15) is 4.90 Å². The Labute approximate surface area is 125 Å². The molecule has 0 aliphatic carbocycles. The van der Waals surface area contributed by atoms with Gasteiger partial charge in [0, 0.05) is 31.5 Å². The third-order valence-corrected chi connectivity index (χ3v) is 5.55. The van der Waals surface area contributed by atoms with Gasteiger partial charge in [0.05, 0.1) is 18.1 Å². The molecule has 0 radical (unpaired) electrons. The summed E-state index contributed by atoms with van der Waals surface area (Å²) in [5.41, 5.74) is 0.369. The summed E-state index contributed by atoms with van der Waals surface area (Å²) in [7, 11) is -3.48. The summed E-state index contributed by atoms with van der Waals surface area (Å²) in [5, 5.41) is 0. The Hall–Kier alpha value is -0.560. The Balaban J connectivity index is 2.32. The van der Waals surface area contributed by atoms with E-state index in [1.807, 2.05) is 25.3 Å². The maximum Gasteiger partial charge on any atom is 0.244 e. The minimum absolute atomic E-state index is 0.304. The Bertz CT molecular complexity index is 559. The van der Waals surface area contributed by atoms with E-state index < -0.39 is 15.6 Å². The zero-order valence-corrected chi connectivity index (χ0v) is 13.7. The van der Waals surface area contributed by atoms with Gasteiger partial charge < -0.3 is 9.30 Å². The molecule has 1 aliphatic heterocycles. The van der Waals surface area contributed by atoms with Gasteiger partial charge in [-0.1, -0.05) is 0 Å². The highest BCUT2D eigenvalue weighted by Gasteiger charge is 2.35. The average molecular weight is 321 g/mol. The first-order valence-corrected chi connectivity index (χ1v) is 8.67. The lowest BCUT2D eigenvalue weighted by atomic mass is 10.1. The van der Waals surface area contributed by atoms with Crippen LogP contribution in [0.4, 0.5) is 0 Å². The van der Waals surface area contributed by atoms with Crippen molar-refractivity contribution in [3.63, 3.8) is 0 Å². The zero-order chi connectivity index (χ0) is 15.0. The highest BCUT2D eigenvalue weighted by atomic mass is 35.5. The Morgan fingerprint density at radius 2 is 2.15 bits per heavy atom. The van der Waals surface area contributed by atoms with Crippen LogP contribution in [0.2, 0.25) is 0 Å². The molecule has 0 aromatic carbocycles. The van der Waals surface area contributed by atoms with Crippen LogP contribution in [0.25, 0.3) is 0 Å². The molecule has 1 aliphatic rings. The summed E-state index contributed by atoms with van der Waals surface area (Å²) < 4.78 is 34.3. The second kappa shape index (κ2) is 5.67. The molecule has 0 atom stereocenters. The summed E-state index contributed by atoms with van der Waals surface area (Å²) >= 11 is 5.86. The van der Waals surface area contributed by atoms with E-state index in [4.69, 9.17) is 16.3 Å². The number of aromatic nitrogens is 1. The van der Waals surface area contributed by atoms with Crippen LogP contribution in [-0.4, -0.2) is 42.6 Å². The number of nitrogens with zero attached hydrogens (tertiary/aromatic N) is 2. The quantitative estimate of drug-likeness (QED) is 0.798. The van der Waals surface area contributed by atoms with Crippen LogP contribution >= 0.6 is 11.6 Å². The summed E-state index contributed by atoms with van der Waals surface area (Å²) in [6, 6.07) is 1.66. The van der Waals surface area contributed by atoms with Crippen LogP contribution in [0.1, 0.15) is 26.5 Å². The molecule has 2 rings (SSSR count). The number of rotatable bonds is 4. The fourth-order valence-corrected chi connectivity index (χ4v) is 4.27. The standard InChI is InChI=1S/C13H21ClN2O3S/c1-4-15-9-12(7-11(15)8-14)20(17,18)16-5-6-19-13(2,3)10-16/h7,9H,4-6,8,10H2,1-3H3. The monoisotopic (exact) mass is 320 g/mol. The van der Waals surface area contributed by atoms with Crippen LogP contribution in [0, 0.1) is 0 Å². The van der Waals surface area contributed by atoms with E-state index in [2.05, 4.69) is 0 Å². The van der Waals surface area contributed by atoms with Crippen LogP contribution in [-0.2, 0) is 27.2 Å². The molecule has 5 nitrogen and oxygen atoms in total. The normalized spacial score (nSPS) is 20.2. The molecule has 0 N–H and O–H groups in total. The predicted molar refractivity (Wildman–Crippen MR) is 78.5 cm³/mol. The fraction of sp³-hybridized carbons (Fsp3) is 0.692. The topological polar surface area (TPSA) is 51.5 Å². The van der Waals surface area contributed by atoms with E-state index in [0.29, 0.717) is 37.0 Å². The molecule has 0 amide bonds. The molecule has 0 unspecified atom stereocenters. The van der Waals surface area contributed by atoms with Crippen LogP contribution in [0.15, 0.2) is 17.2 Å². The van der Waals surface area contributed by atoms with Crippen molar-refractivity contribution >= 4 is 21.6 Å². The number of aryl methyl sites for hydroxylation is 1. The Morgan fingerprint density at radius 1 is 1.45 bits per heavy atom. The third-order valence-electron chi connectivity index (χ3n) is 3.47. The number of sulfonamides is 1. The lowest BCUT2D eigenvalue weighted by Gasteiger charge is -2.37. The van der Waals surface area contributed by atoms with Crippen molar-refractivity contribution in [2.75, 3.05) is 19.7 Å². The summed E-state index contributed by atoms with van der Waals surface area (Å²) in [6.45, 7) is 7.63. The smallest absolute Gasteiger partial charge is 0.244 e. The molecule has 1 saturated heterocycles. The zero-order valence-electron chi connectivity index (χ0n) is 12.1. The van der Waals surface area contributed by atoms with Crippen molar-refractivity contribution in [3.05, 3.63) is 18.0 Å². The molecule has 20 heavy (non-hydrogen) atoms. The van der Waals surface area contributed by atoms with Crippen molar-refractivity contribution in [2.45, 2.75) is 43.7 Å². The first-order valence-electron chi connectivity index (χ1n) is 6.69. The van der Waals surface area contributed by atoms with Crippen molar-refractivity contribution in [2.24, 2.45) is 0 Å². The van der Waals surface area contributed by atoms with Gasteiger partial charge in [0.2, 0.25) is 10.0 Å². The number of ether oxygens (including phenoxy) is 1. The largest absolute Gasteiger partial charge is 0.373 e. The van der Waals surface area contributed by atoms with Crippen LogP contribution in [0.5, 0.6) is 0 Å². The predicted octanol–water partition coefficient (Wildman–Crippen LogP) is 2.05. The number of hydrogen-bond acceptors (Lipinski definition) is 3. The Morgan fingerprint density at radius 3 is 2.65 bits per heavy atom. The molecule has 1 fully saturated rings. The molecule has 1 aromatic heterocycles. The van der Waals surface area contributed by atoms with Gasteiger partial charge in [-0.3, -0.25) is 0 Å². The van der Waals surface area contributed by atoms with Crippen molar-refractivity contribution < 1.29 is 13.2 Å². The minimum Gasteiger partial charge on any atom is -0.373 e. The second-order valence-electron chi connectivity index (χ2n) is 5.53. The SMILES string of the molecule is CCn1cc(S(=O)(=O)N2CCOC(C)(C)C2)cc1CCl. The third kappa shape index (κ3) is 3.03. The maximum absolute atomic E-state index is 12.7. The van der Waals surface area contributed by atoms with E-state index in [1.165, 1.54) is 4.31 Å². The molecule has 0 spiro atoms. The Kier molecular flexibility index (Phi) is 4.49. The molecule has 0 saturated carbocycles. The molecular formula is C13H21ClN2O3S. The summed E-state index contributed by atoms with van der Waals surface area (Å²) in [6.07, 6.45) is 1.66. The van der Waals surface area contributed by atoms with E-state index in [1.54, 1.807) is 12.3 Å². The minimum atomic E-state index is -3.48. The lowest BCUT2D eigenvalue weighted by molar-refractivity contribution is -0.0640. The number of alkyl halides is 1. The van der Waals surface area contributed by atoms with Crippen molar-refractivity contribution in [1.29, 1.82) is 0 Å². The number of hydrogen-bond donors (Lipinski definition) is 0. The van der Waals surface area contributed by atoms with Gasteiger partial charge in [-0.2, -0.15) is 4.31 Å². The molecular weight excluding hydrogens is 300 g/mol. The molecule has 0 bridgehead atoms. The average Bonchev–Trinajstić information content (AvgIpc) is 2.81. The molecule has 2 heterocycles. The molecule has 114 valence electrons. The lowest BCUT2D eigenvalue weighted by Crippen LogP contribution is -2.50. The first kappa shape index (κ1) is 15.8. The molecule has 7 heteroatoms. The number of halogens is 1. The summed E-state index contributed by atoms with van der Waals surface area (Å²) in [5.74, 6) is 0.304. The second-order valence-corrected chi connectivity index (χ2v) is 7.74. The summed E-state index contributed by atoms with van der Waals surface area (Å²) in [4.78, 5) is 0.313. The van der Waals surface area contributed by atoms with Gasteiger partial charge in [0.15, 0.2) is 0 Å². The van der Waals surface area contributed by atoms with E-state index in [0.717, 1.165) is 5.69 Å². The van der Waals surface area contributed by atoms with Gasteiger partial charge in [-0.05, 0) is 26.8 Å². The van der Waals surface area contributed by atoms with Gasteiger partial charge in [-0.25, -0.2) is 8.42 Å². The van der Waals surface area contributed by atoms with E-state index in [9.17, 15) is 8.42 Å². The highest BCUT2D eigenvalue weighted by Crippen LogP contribution is 2.25. The highest BCUT2D eigenvalue weighted by molar-refractivity contribution is 7.89. The van der Waals surface area contributed by atoms with E-state index in [-0.39, 0.29) is 0 Å². The first-order chi connectivity index (χ1) is 9.30. The van der Waals surface area contributed by atoms with E-state index >= 15 is 0 Å². The fourth-order valence-electron chi connectivity index (χ4n) is 2.40. The van der Waals surface area contributed by atoms with Gasteiger partial charge >= 0.3 is 0 Å². The van der Waals surface area contributed by atoms with Crippen molar-refractivity contribution in [1.82, 2.24) is 8.87 Å². The van der Waals surface area contributed by atoms with Crippen LogP contribution in [0.3, 0.4) is 0 Å². The van der Waals surface area contributed by atoms with Gasteiger partial charge in [0.25, 0.3) is 0 Å².